The van der Waals surface area contributed by atoms with Crippen molar-refractivity contribution in [2.75, 3.05) is 19.0 Å². The molecule has 0 aliphatic heterocycles. The van der Waals surface area contributed by atoms with Crippen LogP contribution in [0.5, 0.6) is 0 Å². The van der Waals surface area contributed by atoms with E-state index in [0.717, 1.165) is 37.8 Å². The molecule has 2 N–H and O–H groups in total. The number of benzene rings is 2. The fourth-order valence-corrected chi connectivity index (χ4v) is 6.36. The molecule has 2 atom stereocenters. The Morgan fingerprint density at radius 2 is 1.94 bits per heavy atom. The summed E-state index contributed by atoms with van der Waals surface area (Å²) in [7, 11) is 1.47. The lowest BCUT2D eigenvalue weighted by molar-refractivity contribution is -0.148. The van der Waals surface area contributed by atoms with Crippen LogP contribution in [0.2, 0.25) is 5.02 Å². The van der Waals surface area contributed by atoms with Gasteiger partial charge in [0.15, 0.2) is 0 Å². The molecule has 172 valence electrons. The molecule has 1 spiro atoms. The number of nitrogens with one attached hydrogen (secondary N) is 1. The molecule has 0 radical (unpaired) electrons. The van der Waals surface area contributed by atoms with Crippen LogP contribution < -0.4 is 5.32 Å². The van der Waals surface area contributed by atoms with Gasteiger partial charge in [0.1, 0.15) is 5.54 Å². The third-order valence-electron chi connectivity index (χ3n) is 8.04. The number of anilines is 1. The number of rotatable bonds is 7. The number of halogens is 1. The first-order valence-electron chi connectivity index (χ1n) is 11.8. The van der Waals surface area contributed by atoms with E-state index < -0.39 is 5.54 Å². The molecule has 0 aromatic heterocycles. The smallest absolute Gasteiger partial charge is 0.331 e. The molecule has 1 fully saturated rings. The second kappa shape index (κ2) is 9.44. The minimum atomic E-state index is -0.756. The molecule has 0 amide bonds. The summed E-state index contributed by atoms with van der Waals surface area (Å²) in [4.78, 5) is 13.0. The second-order valence-electron chi connectivity index (χ2n) is 9.62. The minimum Gasteiger partial charge on any atom is -0.467 e. The van der Waals surface area contributed by atoms with Gasteiger partial charge >= 0.3 is 5.97 Å². The van der Waals surface area contributed by atoms with Crippen LogP contribution in [0.4, 0.5) is 5.69 Å². The summed E-state index contributed by atoms with van der Waals surface area (Å²) in [6.45, 7) is 2.40. The maximum absolute atomic E-state index is 13.0. The van der Waals surface area contributed by atoms with Gasteiger partial charge in [0.2, 0.25) is 0 Å². The topological polar surface area (TPSA) is 58.6 Å². The minimum absolute atomic E-state index is 0.0483. The normalized spacial score (nSPS) is 27.7. The van der Waals surface area contributed by atoms with Crippen LogP contribution in [0.15, 0.2) is 48.5 Å². The predicted octanol–water partition coefficient (Wildman–Crippen LogP) is 5.76. The van der Waals surface area contributed by atoms with E-state index in [4.69, 9.17) is 16.3 Å². The van der Waals surface area contributed by atoms with Crippen LogP contribution in [-0.2, 0) is 21.4 Å². The highest BCUT2D eigenvalue weighted by Crippen LogP contribution is 2.56. The average molecular weight is 456 g/mol. The van der Waals surface area contributed by atoms with Crippen molar-refractivity contribution in [3.63, 3.8) is 0 Å². The van der Waals surface area contributed by atoms with E-state index in [2.05, 4.69) is 36.5 Å². The Morgan fingerprint density at radius 1 is 1.19 bits per heavy atom. The number of methoxy groups -OCH3 is 1. The van der Waals surface area contributed by atoms with Gasteiger partial charge in [-0.3, -0.25) is 0 Å². The number of hydrogen-bond donors (Lipinski definition) is 2. The monoisotopic (exact) mass is 455 g/mol. The maximum Gasteiger partial charge on any atom is 0.331 e. The van der Waals surface area contributed by atoms with Crippen LogP contribution in [0.3, 0.4) is 0 Å². The zero-order chi connectivity index (χ0) is 22.8. The summed E-state index contributed by atoms with van der Waals surface area (Å²) in [6.07, 6.45) is 6.30. The Kier molecular flexibility index (Phi) is 6.83. The molecule has 2 aromatic rings. The van der Waals surface area contributed by atoms with Gasteiger partial charge in [-0.15, -0.1) is 0 Å². The molecule has 1 saturated carbocycles. The van der Waals surface area contributed by atoms with Crippen molar-refractivity contribution in [1.29, 1.82) is 0 Å². The van der Waals surface area contributed by atoms with Crippen molar-refractivity contribution >= 4 is 23.3 Å². The third kappa shape index (κ3) is 4.15. The standard InChI is InChI=1S/C27H34ClNO3/c1-3-19(18-30)15-21-16-20-7-4-5-10-24(20)26(21)11-13-27(14-12-26,25(31)32-2)29-23-9-6-8-22(28)17-23/h4-10,17,19,21,29-30H,3,11-16,18H2,1-2H3/t19-,21?,26?,27?/m1/s1. The third-order valence-corrected chi connectivity index (χ3v) is 8.27. The molecule has 4 nitrogen and oxygen atoms in total. The van der Waals surface area contributed by atoms with Gasteiger partial charge in [-0.2, -0.15) is 0 Å². The summed E-state index contributed by atoms with van der Waals surface area (Å²) < 4.78 is 5.27. The lowest BCUT2D eigenvalue weighted by atomic mass is 9.59. The van der Waals surface area contributed by atoms with Crippen molar-refractivity contribution in [1.82, 2.24) is 0 Å². The highest BCUT2D eigenvalue weighted by Gasteiger charge is 2.54. The van der Waals surface area contributed by atoms with Gasteiger partial charge in [-0.1, -0.05) is 55.3 Å². The molecule has 1 unspecified atom stereocenters. The van der Waals surface area contributed by atoms with Crippen LogP contribution >= 0.6 is 11.6 Å². The zero-order valence-electron chi connectivity index (χ0n) is 19.1. The summed E-state index contributed by atoms with van der Waals surface area (Å²) in [5, 5.41) is 14.0. The van der Waals surface area contributed by atoms with Gasteiger partial charge in [0, 0.05) is 17.3 Å². The maximum atomic E-state index is 13.0. The first-order chi connectivity index (χ1) is 15.5. The van der Waals surface area contributed by atoms with Crippen molar-refractivity contribution in [3.05, 3.63) is 64.7 Å². The molecule has 4 rings (SSSR count). The number of ether oxygens (including phenoxy) is 1. The lowest BCUT2D eigenvalue weighted by Crippen LogP contribution is -2.53. The summed E-state index contributed by atoms with van der Waals surface area (Å²) in [5.41, 5.74) is 3.01. The Bertz CT molecular complexity index is 947. The molecule has 5 heteroatoms. The second-order valence-corrected chi connectivity index (χ2v) is 10.1. The molecule has 2 aliphatic rings. The fourth-order valence-electron chi connectivity index (χ4n) is 6.16. The zero-order valence-corrected chi connectivity index (χ0v) is 19.8. The van der Waals surface area contributed by atoms with Crippen molar-refractivity contribution < 1.29 is 14.6 Å². The first-order valence-corrected chi connectivity index (χ1v) is 12.2. The molecular formula is C27H34ClNO3. The number of hydrogen-bond acceptors (Lipinski definition) is 4. The van der Waals surface area contributed by atoms with Crippen molar-refractivity contribution in [2.24, 2.45) is 11.8 Å². The highest BCUT2D eigenvalue weighted by atomic mass is 35.5. The van der Waals surface area contributed by atoms with E-state index in [0.29, 0.717) is 29.7 Å². The van der Waals surface area contributed by atoms with Gasteiger partial charge in [-0.05, 0) is 85.1 Å². The summed E-state index contributed by atoms with van der Waals surface area (Å²) in [5.74, 6) is 0.596. The number of fused-ring (bicyclic) bond motifs is 2. The van der Waals surface area contributed by atoms with Crippen LogP contribution in [0.25, 0.3) is 0 Å². The first kappa shape index (κ1) is 23.1. The lowest BCUT2D eigenvalue weighted by Gasteiger charge is -2.48. The molecular weight excluding hydrogens is 422 g/mol. The predicted molar refractivity (Wildman–Crippen MR) is 129 cm³/mol. The summed E-state index contributed by atoms with van der Waals surface area (Å²) in [6, 6.07) is 16.3. The number of carbonyl (C=O) groups excluding carboxylic acids is 1. The van der Waals surface area contributed by atoms with Gasteiger partial charge in [-0.25, -0.2) is 4.79 Å². The average Bonchev–Trinajstić information content (AvgIpc) is 3.11. The molecule has 0 saturated heterocycles. The largest absolute Gasteiger partial charge is 0.467 e. The Morgan fingerprint density at radius 3 is 2.59 bits per heavy atom. The Labute approximate surface area is 196 Å². The van der Waals surface area contributed by atoms with Crippen LogP contribution in [0, 0.1) is 11.8 Å². The highest BCUT2D eigenvalue weighted by molar-refractivity contribution is 6.30. The number of carbonyl (C=O) groups is 1. The van der Waals surface area contributed by atoms with Crippen LogP contribution in [0.1, 0.15) is 56.6 Å². The number of aliphatic hydroxyl groups excluding tert-OH is 1. The van der Waals surface area contributed by atoms with Gasteiger partial charge < -0.3 is 15.2 Å². The fraction of sp³-hybridized carbons (Fsp3) is 0.519. The summed E-state index contributed by atoms with van der Waals surface area (Å²) >= 11 is 6.19. The van der Waals surface area contributed by atoms with E-state index >= 15 is 0 Å². The molecule has 0 bridgehead atoms. The number of aliphatic hydroxyl groups is 1. The van der Waals surface area contributed by atoms with E-state index in [1.54, 1.807) is 0 Å². The van der Waals surface area contributed by atoms with Crippen molar-refractivity contribution in [3.8, 4) is 0 Å². The van der Waals surface area contributed by atoms with E-state index in [-0.39, 0.29) is 18.0 Å². The van der Waals surface area contributed by atoms with Crippen LogP contribution in [-0.4, -0.2) is 30.3 Å². The molecule has 0 heterocycles. The van der Waals surface area contributed by atoms with E-state index in [1.807, 2.05) is 24.3 Å². The Hall–Kier alpha value is -2.04. The molecule has 2 aliphatic carbocycles. The SMILES string of the molecule is CC[C@@H](CO)CC1Cc2ccccc2C12CCC(Nc1cccc(Cl)c1)(C(=O)OC)CC2. The van der Waals surface area contributed by atoms with E-state index in [9.17, 15) is 9.90 Å². The quantitative estimate of drug-likeness (QED) is 0.521. The molecule has 2 aromatic carbocycles. The van der Waals surface area contributed by atoms with Gasteiger partial charge in [0.05, 0.1) is 7.11 Å². The van der Waals surface area contributed by atoms with Gasteiger partial charge in [0.25, 0.3) is 0 Å². The Balaban J connectivity index is 1.64. The number of esters is 1. The molecule has 32 heavy (non-hydrogen) atoms. The van der Waals surface area contributed by atoms with E-state index in [1.165, 1.54) is 18.2 Å². The van der Waals surface area contributed by atoms with Crippen molar-refractivity contribution in [2.45, 2.75) is 62.8 Å².